The van der Waals surface area contributed by atoms with Crippen LogP contribution < -0.4 is 0 Å². The molecule has 0 radical (unpaired) electrons. The van der Waals surface area contributed by atoms with Crippen molar-refractivity contribution in [2.45, 2.75) is 109 Å². The van der Waals surface area contributed by atoms with Crippen molar-refractivity contribution in [3.63, 3.8) is 0 Å². The molecular weight excluding hydrogens is 454 g/mol. The van der Waals surface area contributed by atoms with Crippen molar-refractivity contribution in [3.05, 3.63) is 42.0 Å². The van der Waals surface area contributed by atoms with Gasteiger partial charge in [-0.2, -0.15) is 4.31 Å². The number of carbonyl (C=O) groups excluding carboxylic acids is 1. The van der Waals surface area contributed by atoms with E-state index >= 15 is 0 Å². The van der Waals surface area contributed by atoms with Crippen LogP contribution in [0.4, 0.5) is 4.79 Å². The normalized spacial score (nSPS) is 20.3. The molecule has 0 aliphatic heterocycles. The molecule has 0 bridgehead atoms. The summed E-state index contributed by atoms with van der Waals surface area (Å²) in [6.07, 6.45) is 4.48. The van der Waals surface area contributed by atoms with E-state index in [4.69, 9.17) is 9.16 Å². The fraction of sp³-hybridized carbons (Fsp3) is 0.640. The molecule has 2 atom stereocenters. The van der Waals surface area contributed by atoms with E-state index in [1.807, 2.05) is 19.1 Å². The van der Waals surface area contributed by atoms with E-state index in [1.165, 1.54) is 12.1 Å². The highest BCUT2D eigenvalue weighted by Crippen LogP contribution is 2.39. The summed E-state index contributed by atoms with van der Waals surface area (Å²) in [7, 11) is -6.20. The van der Waals surface area contributed by atoms with Crippen LogP contribution in [0.3, 0.4) is 0 Å². The maximum atomic E-state index is 13.7. The SMILES string of the molecule is Cc1ccc(S(=O)(=O)N(C(=O)OC(C)(C)C)[C@@H]2CC=CC[C@@H](O[Si](C)(C)C(C)(C)C)C2)cc1. The van der Waals surface area contributed by atoms with Gasteiger partial charge < -0.3 is 9.16 Å². The molecule has 8 heteroatoms. The van der Waals surface area contributed by atoms with Gasteiger partial charge in [0.25, 0.3) is 10.0 Å². The van der Waals surface area contributed by atoms with Gasteiger partial charge in [-0.25, -0.2) is 13.2 Å². The summed E-state index contributed by atoms with van der Waals surface area (Å²) >= 11 is 0. The van der Waals surface area contributed by atoms with Gasteiger partial charge >= 0.3 is 6.09 Å². The minimum Gasteiger partial charge on any atom is -0.443 e. The Morgan fingerprint density at radius 1 is 1.00 bits per heavy atom. The van der Waals surface area contributed by atoms with Crippen molar-refractivity contribution in [1.82, 2.24) is 4.31 Å². The van der Waals surface area contributed by atoms with Crippen LogP contribution in [0.1, 0.15) is 66.4 Å². The first-order chi connectivity index (χ1) is 14.9. The number of benzene rings is 1. The topological polar surface area (TPSA) is 72.9 Å². The van der Waals surface area contributed by atoms with Gasteiger partial charge in [0, 0.05) is 0 Å². The van der Waals surface area contributed by atoms with Crippen molar-refractivity contribution in [1.29, 1.82) is 0 Å². The van der Waals surface area contributed by atoms with E-state index in [1.54, 1.807) is 32.9 Å². The summed E-state index contributed by atoms with van der Waals surface area (Å²) in [5, 5.41) is 0.0251. The minimum absolute atomic E-state index is 0.0251. The zero-order valence-corrected chi connectivity index (χ0v) is 23.5. The summed E-state index contributed by atoms with van der Waals surface area (Å²) in [6.45, 7) is 18.0. The average molecular weight is 496 g/mol. The van der Waals surface area contributed by atoms with E-state index in [9.17, 15) is 13.2 Å². The Hall–Kier alpha value is -1.64. The van der Waals surface area contributed by atoms with Gasteiger partial charge in [0.15, 0.2) is 8.32 Å². The maximum absolute atomic E-state index is 13.7. The van der Waals surface area contributed by atoms with Gasteiger partial charge in [0.05, 0.1) is 17.0 Å². The molecule has 186 valence electrons. The molecule has 0 saturated carbocycles. The number of ether oxygens (including phenoxy) is 1. The summed E-state index contributed by atoms with van der Waals surface area (Å²) in [5.74, 6) is 0. The molecule has 0 fully saturated rings. The zero-order valence-electron chi connectivity index (χ0n) is 21.6. The molecule has 0 unspecified atom stereocenters. The molecular formula is C25H41NO5SSi. The van der Waals surface area contributed by atoms with Crippen molar-refractivity contribution in [3.8, 4) is 0 Å². The maximum Gasteiger partial charge on any atom is 0.424 e. The van der Waals surface area contributed by atoms with E-state index in [-0.39, 0.29) is 16.0 Å². The Morgan fingerprint density at radius 2 is 1.55 bits per heavy atom. The fourth-order valence-electron chi connectivity index (χ4n) is 3.45. The van der Waals surface area contributed by atoms with E-state index < -0.39 is 36.1 Å². The summed E-state index contributed by atoms with van der Waals surface area (Å²) in [6, 6.07) is 5.95. The lowest BCUT2D eigenvalue weighted by atomic mass is 10.1. The van der Waals surface area contributed by atoms with E-state index in [0.717, 1.165) is 9.87 Å². The Kier molecular flexibility index (Phi) is 8.30. The number of hydrogen-bond donors (Lipinski definition) is 0. The fourth-order valence-corrected chi connectivity index (χ4v) is 6.34. The van der Waals surface area contributed by atoms with Gasteiger partial charge in [-0.1, -0.05) is 50.6 Å². The lowest BCUT2D eigenvalue weighted by molar-refractivity contribution is 0.0307. The van der Waals surface area contributed by atoms with Crippen LogP contribution in [-0.4, -0.2) is 44.9 Å². The molecule has 33 heavy (non-hydrogen) atoms. The zero-order chi connectivity index (χ0) is 25.2. The molecule has 1 amide bonds. The van der Waals surface area contributed by atoms with Crippen LogP contribution in [0.25, 0.3) is 0 Å². The number of nitrogens with zero attached hydrogens (tertiary/aromatic N) is 1. The van der Waals surface area contributed by atoms with Crippen molar-refractivity contribution in [2.24, 2.45) is 0 Å². The number of carbonyl (C=O) groups is 1. The molecule has 1 aromatic carbocycles. The average Bonchev–Trinajstić information content (AvgIpc) is 2.84. The van der Waals surface area contributed by atoms with Crippen molar-refractivity contribution < 1.29 is 22.4 Å². The third kappa shape index (κ3) is 7.17. The number of aryl methyl sites for hydroxylation is 1. The van der Waals surface area contributed by atoms with Crippen LogP contribution in [0.15, 0.2) is 41.3 Å². The predicted octanol–water partition coefficient (Wildman–Crippen LogP) is 6.42. The molecule has 0 heterocycles. The van der Waals surface area contributed by atoms with Gasteiger partial charge in [0.1, 0.15) is 5.60 Å². The molecule has 1 aliphatic carbocycles. The van der Waals surface area contributed by atoms with Crippen molar-refractivity contribution in [2.75, 3.05) is 0 Å². The van der Waals surface area contributed by atoms with Gasteiger partial charge in [-0.15, -0.1) is 0 Å². The van der Waals surface area contributed by atoms with Gasteiger partial charge in [-0.05, 0) is 77.2 Å². The Morgan fingerprint density at radius 3 is 2.06 bits per heavy atom. The van der Waals surface area contributed by atoms with E-state index in [0.29, 0.717) is 19.3 Å². The summed E-state index contributed by atoms with van der Waals surface area (Å²) < 4.78 is 40.5. The van der Waals surface area contributed by atoms with Crippen LogP contribution in [0, 0.1) is 6.92 Å². The smallest absolute Gasteiger partial charge is 0.424 e. The highest BCUT2D eigenvalue weighted by molar-refractivity contribution is 7.89. The predicted molar refractivity (Wildman–Crippen MR) is 135 cm³/mol. The second kappa shape index (κ2) is 9.92. The first-order valence-electron chi connectivity index (χ1n) is 11.6. The monoisotopic (exact) mass is 495 g/mol. The third-order valence-corrected chi connectivity index (χ3v) is 12.6. The van der Waals surface area contributed by atoms with Crippen LogP contribution in [0.2, 0.25) is 18.1 Å². The second-order valence-corrected chi connectivity index (χ2v) is 18.0. The summed E-state index contributed by atoms with van der Waals surface area (Å²) in [5.41, 5.74) is 0.119. The minimum atomic E-state index is -4.12. The Bertz CT molecular complexity index is 956. The Labute approximate surface area is 201 Å². The van der Waals surface area contributed by atoms with Crippen molar-refractivity contribution >= 4 is 24.4 Å². The highest BCUT2D eigenvalue weighted by Gasteiger charge is 2.43. The van der Waals surface area contributed by atoms with Crippen LogP contribution >= 0.6 is 0 Å². The lowest BCUT2D eigenvalue weighted by Gasteiger charge is -2.40. The lowest BCUT2D eigenvalue weighted by Crippen LogP contribution is -2.49. The second-order valence-electron chi connectivity index (χ2n) is 11.4. The largest absolute Gasteiger partial charge is 0.443 e. The summed E-state index contributed by atoms with van der Waals surface area (Å²) in [4.78, 5) is 13.4. The van der Waals surface area contributed by atoms with Gasteiger partial charge in [0.2, 0.25) is 0 Å². The highest BCUT2D eigenvalue weighted by atomic mass is 32.2. The van der Waals surface area contributed by atoms with Crippen LogP contribution in [-0.2, 0) is 19.2 Å². The molecule has 2 rings (SSSR count). The molecule has 0 spiro atoms. The third-order valence-electron chi connectivity index (χ3n) is 6.26. The molecule has 0 aromatic heterocycles. The first-order valence-corrected chi connectivity index (χ1v) is 16.0. The van der Waals surface area contributed by atoms with Crippen LogP contribution in [0.5, 0.6) is 0 Å². The number of hydrogen-bond acceptors (Lipinski definition) is 5. The van der Waals surface area contributed by atoms with Gasteiger partial charge in [-0.3, -0.25) is 0 Å². The van der Waals surface area contributed by atoms with E-state index in [2.05, 4.69) is 33.9 Å². The molecule has 0 saturated heterocycles. The number of amides is 1. The molecule has 0 N–H and O–H groups in total. The molecule has 1 aliphatic rings. The first kappa shape index (κ1) is 27.6. The Balaban J connectivity index is 2.46. The number of rotatable bonds is 5. The number of sulfonamides is 1. The molecule has 6 nitrogen and oxygen atoms in total. The quantitative estimate of drug-likeness (QED) is 0.348. The molecule has 1 aromatic rings. The standard InChI is InChI=1S/C25H41NO5SSi/c1-19-14-16-22(17-15-19)32(28,29)26(23(27)30-24(2,3)4)20-12-10-11-13-21(18-20)31-33(8,9)25(5,6)7/h10-11,14-17,20-21H,12-13,18H2,1-9H3/t20-,21-/m1/s1.